The van der Waals surface area contributed by atoms with E-state index in [2.05, 4.69) is 36.4 Å². The summed E-state index contributed by atoms with van der Waals surface area (Å²) in [6.45, 7) is 1.23. The van der Waals surface area contributed by atoms with E-state index in [0.717, 1.165) is 18.8 Å². The van der Waals surface area contributed by atoms with E-state index in [9.17, 15) is 0 Å². The highest BCUT2D eigenvalue weighted by atomic mass is 17.2. The van der Waals surface area contributed by atoms with Gasteiger partial charge in [0.15, 0.2) is 0 Å². The van der Waals surface area contributed by atoms with Gasteiger partial charge in [-0.2, -0.15) is 0 Å². The molecule has 3 fully saturated rings. The molecule has 0 amide bonds. The first-order valence-electron chi connectivity index (χ1n) is 11.5. The highest BCUT2D eigenvalue weighted by Crippen LogP contribution is 2.34. The maximum Gasteiger partial charge on any atom is 0.135 e. The Balaban J connectivity index is 1.31. The fraction of sp³-hybridized carbons (Fsp3) is 0.680. The van der Waals surface area contributed by atoms with Crippen LogP contribution in [0.1, 0.15) is 94.1 Å². The van der Waals surface area contributed by atoms with Crippen LogP contribution < -0.4 is 0 Å². The van der Waals surface area contributed by atoms with Gasteiger partial charge in [0.1, 0.15) is 11.7 Å². The lowest BCUT2D eigenvalue weighted by molar-refractivity contribution is -0.371. The van der Waals surface area contributed by atoms with Crippen molar-refractivity contribution < 1.29 is 14.5 Å². The summed E-state index contributed by atoms with van der Waals surface area (Å²) in [7, 11) is 0. The monoisotopic (exact) mass is 384 g/mol. The molecule has 2 saturated carbocycles. The Morgan fingerprint density at radius 1 is 0.821 bits per heavy atom. The number of ether oxygens (including phenoxy) is 1. The van der Waals surface area contributed by atoms with Gasteiger partial charge in [0, 0.05) is 0 Å². The van der Waals surface area contributed by atoms with Crippen molar-refractivity contribution in [2.24, 2.45) is 0 Å². The summed E-state index contributed by atoms with van der Waals surface area (Å²) in [5.41, 5.74) is 2.52. The summed E-state index contributed by atoms with van der Waals surface area (Å²) in [5.74, 6) is 0.747. The molecule has 154 valence electrons. The minimum absolute atomic E-state index is 0.133. The van der Waals surface area contributed by atoms with Gasteiger partial charge in [-0.15, -0.1) is 0 Å². The Morgan fingerprint density at radius 3 is 2.25 bits per heavy atom. The topological polar surface area (TPSA) is 27.7 Å². The van der Waals surface area contributed by atoms with E-state index in [4.69, 9.17) is 14.5 Å². The fourth-order valence-corrected chi connectivity index (χ4v) is 4.98. The molecule has 3 nitrogen and oxygen atoms in total. The summed E-state index contributed by atoms with van der Waals surface area (Å²) in [5, 5.41) is 0. The minimum atomic E-state index is -0.208. The van der Waals surface area contributed by atoms with Crippen molar-refractivity contribution in [2.45, 2.75) is 94.7 Å². The second-order valence-electron chi connectivity index (χ2n) is 9.04. The van der Waals surface area contributed by atoms with Crippen molar-refractivity contribution in [2.75, 3.05) is 13.2 Å². The van der Waals surface area contributed by atoms with Gasteiger partial charge >= 0.3 is 0 Å². The zero-order valence-corrected chi connectivity index (χ0v) is 17.2. The lowest BCUT2D eigenvalue weighted by atomic mass is 9.85. The van der Waals surface area contributed by atoms with Crippen LogP contribution in [0.4, 0.5) is 0 Å². The van der Waals surface area contributed by atoms with Crippen LogP contribution >= 0.6 is 0 Å². The van der Waals surface area contributed by atoms with Crippen molar-refractivity contribution in [1.29, 1.82) is 0 Å². The molecule has 1 atom stereocenters. The quantitative estimate of drug-likeness (QED) is 0.551. The van der Waals surface area contributed by atoms with Crippen LogP contribution in [-0.2, 0) is 14.5 Å². The fourth-order valence-electron chi connectivity index (χ4n) is 4.98. The highest BCUT2D eigenvalue weighted by Gasteiger charge is 2.37. The van der Waals surface area contributed by atoms with E-state index >= 15 is 0 Å². The lowest BCUT2D eigenvalue weighted by Crippen LogP contribution is -2.38. The van der Waals surface area contributed by atoms with Crippen LogP contribution in [-0.4, -0.2) is 24.9 Å². The summed E-state index contributed by atoms with van der Waals surface area (Å²) >= 11 is 0. The molecule has 4 rings (SSSR count). The molecule has 1 aromatic carbocycles. The van der Waals surface area contributed by atoms with Gasteiger partial charge in [0.25, 0.3) is 0 Å². The Morgan fingerprint density at radius 2 is 1.50 bits per heavy atom. The molecule has 1 heterocycles. The highest BCUT2D eigenvalue weighted by molar-refractivity contribution is 5.50. The molecule has 1 spiro atoms. The summed E-state index contributed by atoms with van der Waals surface area (Å²) in [6.07, 6.45) is 19.6. The van der Waals surface area contributed by atoms with Gasteiger partial charge in [0.05, 0.1) is 13.2 Å². The van der Waals surface area contributed by atoms with Crippen molar-refractivity contribution >= 4 is 6.08 Å². The van der Waals surface area contributed by atoms with Crippen LogP contribution in [0.25, 0.3) is 6.08 Å². The van der Waals surface area contributed by atoms with Gasteiger partial charge in [-0.05, 0) is 48.8 Å². The second kappa shape index (κ2) is 10.0. The normalized spacial score (nSPS) is 27.4. The third-order valence-corrected chi connectivity index (χ3v) is 6.78. The van der Waals surface area contributed by atoms with E-state index in [-0.39, 0.29) is 11.7 Å². The van der Waals surface area contributed by atoms with Crippen molar-refractivity contribution in [3.05, 3.63) is 41.5 Å². The summed E-state index contributed by atoms with van der Waals surface area (Å²) in [4.78, 5) is 11.6. The number of hydrogen-bond donors (Lipinski definition) is 0. The molecule has 3 heteroatoms. The number of benzene rings is 1. The van der Waals surface area contributed by atoms with Gasteiger partial charge in [-0.25, -0.2) is 9.78 Å². The summed E-state index contributed by atoms with van der Waals surface area (Å²) < 4.78 is 5.91. The standard InChI is InChI=1S/C25H36O3/c1-2-5-9-22(10-6-3-1)23-14-11-21(12-15-23)13-16-24-19-26-20-25(28-27-24)17-7-4-8-18-25/h11-16,22,24H,1-10,17-20H2. The maximum atomic E-state index is 5.91. The molecule has 3 aliphatic rings. The molecule has 1 saturated heterocycles. The lowest BCUT2D eigenvalue weighted by Gasteiger charge is -2.33. The van der Waals surface area contributed by atoms with Crippen LogP contribution in [0, 0.1) is 0 Å². The van der Waals surface area contributed by atoms with Crippen molar-refractivity contribution in [3.63, 3.8) is 0 Å². The molecule has 28 heavy (non-hydrogen) atoms. The zero-order valence-electron chi connectivity index (χ0n) is 17.2. The first-order valence-corrected chi connectivity index (χ1v) is 11.5. The smallest absolute Gasteiger partial charge is 0.135 e. The molecule has 0 N–H and O–H groups in total. The van der Waals surface area contributed by atoms with Crippen LogP contribution in [0.3, 0.4) is 0 Å². The molecule has 0 bridgehead atoms. The Labute approximate surface area is 170 Å². The molecular weight excluding hydrogens is 348 g/mol. The largest absolute Gasteiger partial charge is 0.375 e. The predicted molar refractivity (Wildman–Crippen MR) is 113 cm³/mol. The van der Waals surface area contributed by atoms with E-state index < -0.39 is 0 Å². The molecular formula is C25H36O3. The SMILES string of the molecule is C(=CC1COCC2(CCCCC2)OO1)c1ccc(C2CCCCCCC2)cc1. The third kappa shape index (κ3) is 5.46. The average Bonchev–Trinajstić information content (AvgIpc) is 2.90. The first-order chi connectivity index (χ1) is 13.8. The van der Waals surface area contributed by atoms with Gasteiger partial charge in [-0.1, -0.05) is 81.7 Å². The maximum absolute atomic E-state index is 5.91. The predicted octanol–water partition coefficient (Wildman–Crippen LogP) is 6.58. The van der Waals surface area contributed by atoms with Gasteiger partial charge < -0.3 is 4.74 Å². The first kappa shape index (κ1) is 20.1. The van der Waals surface area contributed by atoms with Crippen LogP contribution in [0.5, 0.6) is 0 Å². The van der Waals surface area contributed by atoms with E-state index in [1.807, 2.05) is 0 Å². The Hall–Kier alpha value is -1.16. The van der Waals surface area contributed by atoms with Gasteiger partial charge in [0.2, 0.25) is 0 Å². The van der Waals surface area contributed by atoms with E-state index in [1.54, 1.807) is 0 Å². The van der Waals surface area contributed by atoms with Gasteiger partial charge in [-0.3, -0.25) is 0 Å². The van der Waals surface area contributed by atoms with Crippen molar-refractivity contribution in [1.82, 2.24) is 0 Å². The number of rotatable bonds is 3. The Bertz CT molecular complexity index is 607. The molecule has 1 aliphatic heterocycles. The zero-order chi connectivity index (χ0) is 19.1. The van der Waals surface area contributed by atoms with E-state index in [1.165, 1.54) is 75.3 Å². The molecule has 2 aliphatic carbocycles. The van der Waals surface area contributed by atoms with Crippen molar-refractivity contribution in [3.8, 4) is 0 Å². The Kier molecular flexibility index (Phi) is 7.22. The van der Waals surface area contributed by atoms with Crippen LogP contribution in [0.2, 0.25) is 0 Å². The molecule has 0 radical (unpaired) electrons. The van der Waals surface area contributed by atoms with Crippen LogP contribution in [0.15, 0.2) is 30.3 Å². The minimum Gasteiger partial charge on any atom is -0.375 e. The van der Waals surface area contributed by atoms with E-state index in [0.29, 0.717) is 13.2 Å². The summed E-state index contributed by atoms with van der Waals surface area (Å²) in [6, 6.07) is 9.13. The molecule has 0 aromatic heterocycles. The average molecular weight is 385 g/mol. The third-order valence-electron chi connectivity index (χ3n) is 6.78. The molecule has 1 aromatic rings. The number of hydrogen-bond acceptors (Lipinski definition) is 3. The second-order valence-corrected chi connectivity index (χ2v) is 9.04. The molecule has 1 unspecified atom stereocenters.